The van der Waals surface area contributed by atoms with Crippen molar-refractivity contribution in [2.24, 2.45) is 0 Å². The average molecular weight is 280 g/mol. The smallest absolute Gasteiger partial charge is 0.268 e. The third-order valence-corrected chi connectivity index (χ3v) is 3.59. The summed E-state index contributed by atoms with van der Waals surface area (Å²) < 4.78 is 3.76. The predicted octanol–water partition coefficient (Wildman–Crippen LogP) is 1.40. The zero-order valence-electron chi connectivity index (χ0n) is 11.2. The summed E-state index contributed by atoms with van der Waals surface area (Å²) in [5, 5.41) is 6.82. The molecule has 0 saturated carbocycles. The predicted molar refractivity (Wildman–Crippen MR) is 71.4 cm³/mol. The number of rotatable bonds is 2. The first-order valence-electron chi connectivity index (χ1n) is 6.08. The first-order valence-corrected chi connectivity index (χ1v) is 6.85. The van der Waals surface area contributed by atoms with E-state index in [1.54, 1.807) is 13.0 Å². The number of carbonyl (C=O) groups is 2. The van der Waals surface area contributed by atoms with Crippen molar-refractivity contribution in [3.05, 3.63) is 22.2 Å². The number of amides is 2. The van der Waals surface area contributed by atoms with E-state index in [1.807, 2.05) is 13.8 Å². The van der Waals surface area contributed by atoms with Crippen molar-refractivity contribution < 1.29 is 9.59 Å². The van der Waals surface area contributed by atoms with Crippen LogP contribution in [-0.2, 0) is 4.79 Å². The molecule has 0 aliphatic carbocycles. The molecule has 6 nitrogen and oxygen atoms in total. The van der Waals surface area contributed by atoms with Crippen LogP contribution in [0.2, 0.25) is 0 Å². The van der Waals surface area contributed by atoms with Gasteiger partial charge in [-0.05, 0) is 38.7 Å². The molecule has 0 spiro atoms. The molecule has 0 aromatic carbocycles. The Labute approximate surface area is 115 Å². The van der Waals surface area contributed by atoms with E-state index in [0.29, 0.717) is 23.7 Å². The van der Waals surface area contributed by atoms with Crippen molar-refractivity contribution in [2.75, 3.05) is 13.1 Å². The average Bonchev–Trinajstić information content (AvgIpc) is 2.95. The standard InChI is InChI=1S/C12H16N4O2S/c1-8(2)7-10(17)15-5-4-6-16(15)12(18)11-9(3)13-14-19-11/h7H,4-6H2,1-3H3. The zero-order chi connectivity index (χ0) is 14.0. The van der Waals surface area contributed by atoms with Crippen LogP contribution in [0, 0.1) is 6.92 Å². The van der Waals surface area contributed by atoms with Gasteiger partial charge >= 0.3 is 0 Å². The number of hydrogen-bond acceptors (Lipinski definition) is 5. The Morgan fingerprint density at radius 1 is 1.26 bits per heavy atom. The molecule has 0 N–H and O–H groups in total. The van der Waals surface area contributed by atoms with E-state index in [-0.39, 0.29) is 11.8 Å². The monoisotopic (exact) mass is 280 g/mol. The Kier molecular flexibility index (Phi) is 3.94. The number of carbonyl (C=O) groups excluding carboxylic acids is 2. The van der Waals surface area contributed by atoms with Crippen molar-refractivity contribution >= 4 is 23.3 Å². The molecule has 19 heavy (non-hydrogen) atoms. The molecule has 1 aromatic heterocycles. The summed E-state index contributed by atoms with van der Waals surface area (Å²) in [4.78, 5) is 24.9. The molecule has 0 atom stereocenters. The molecule has 1 fully saturated rings. The molecule has 2 heterocycles. The molecule has 102 valence electrons. The van der Waals surface area contributed by atoms with Gasteiger partial charge < -0.3 is 0 Å². The Morgan fingerprint density at radius 2 is 1.95 bits per heavy atom. The van der Waals surface area contributed by atoms with Crippen molar-refractivity contribution in [1.29, 1.82) is 0 Å². The third-order valence-electron chi connectivity index (χ3n) is 2.78. The highest BCUT2D eigenvalue weighted by Gasteiger charge is 2.32. The van der Waals surface area contributed by atoms with E-state index in [0.717, 1.165) is 23.5 Å². The van der Waals surface area contributed by atoms with E-state index in [2.05, 4.69) is 9.59 Å². The lowest BCUT2D eigenvalue weighted by atomic mass is 10.3. The second kappa shape index (κ2) is 5.48. The summed E-state index contributed by atoms with van der Waals surface area (Å²) in [5.41, 5.74) is 1.52. The van der Waals surface area contributed by atoms with Crippen LogP contribution in [0.3, 0.4) is 0 Å². The summed E-state index contributed by atoms with van der Waals surface area (Å²) in [6.07, 6.45) is 2.34. The van der Waals surface area contributed by atoms with Gasteiger partial charge in [0.2, 0.25) is 0 Å². The van der Waals surface area contributed by atoms with E-state index < -0.39 is 0 Å². The highest BCUT2D eigenvalue weighted by Crippen LogP contribution is 2.19. The van der Waals surface area contributed by atoms with E-state index in [9.17, 15) is 9.59 Å². The summed E-state index contributed by atoms with van der Waals surface area (Å²) in [6.45, 7) is 6.59. The maximum absolute atomic E-state index is 12.4. The second-order valence-electron chi connectivity index (χ2n) is 4.65. The van der Waals surface area contributed by atoms with Crippen molar-refractivity contribution in [2.45, 2.75) is 27.2 Å². The number of hydrogen-bond donors (Lipinski definition) is 0. The lowest BCUT2D eigenvalue weighted by molar-refractivity contribution is -0.135. The van der Waals surface area contributed by atoms with Crippen LogP contribution in [0.15, 0.2) is 11.6 Å². The molecule has 1 saturated heterocycles. The fraction of sp³-hybridized carbons (Fsp3) is 0.500. The summed E-state index contributed by atoms with van der Waals surface area (Å²) >= 11 is 1.07. The fourth-order valence-corrected chi connectivity index (χ4v) is 2.52. The molecular weight excluding hydrogens is 264 g/mol. The van der Waals surface area contributed by atoms with Gasteiger partial charge in [-0.2, -0.15) is 0 Å². The van der Waals surface area contributed by atoms with Crippen LogP contribution >= 0.6 is 11.5 Å². The van der Waals surface area contributed by atoms with E-state index in [1.165, 1.54) is 10.0 Å². The van der Waals surface area contributed by atoms with Gasteiger partial charge in [0.1, 0.15) is 4.88 Å². The van der Waals surface area contributed by atoms with Crippen LogP contribution in [0.1, 0.15) is 35.6 Å². The van der Waals surface area contributed by atoms with Crippen molar-refractivity contribution in [3.8, 4) is 0 Å². The van der Waals surface area contributed by atoms with Gasteiger partial charge in [-0.1, -0.05) is 10.1 Å². The highest BCUT2D eigenvalue weighted by molar-refractivity contribution is 7.07. The Balaban J connectivity index is 2.20. The largest absolute Gasteiger partial charge is 0.286 e. The van der Waals surface area contributed by atoms with Crippen LogP contribution in [0.5, 0.6) is 0 Å². The van der Waals surface area contributed by atoms with Crippen LogP contribution in [-0.4, -0.2) is 44.5 Å². The highest BCUT2D eigenvalue weighted by atomic mass is 32.1. The van der Waals surface area contributed by atoms with Gasteiger partial charge in [0.15, 0.2) is 0 Å². The van der Waals surface area contributed by atoms with Gasteiger partial charge in [-0.25, -0.2) is 10.0 Å². The van der Waals surface area contributed by atoms with E-state index >= 15 is 0 Å². The maximum atomic E-state index is 12.4. The first-order chi connectivity index (χ1) is 9.00. The summed E-state index contributed by atoms with van der Waals surface area (Å²) in [6, 6.07) is 0. The third kappa shape index (κ3) is 2.81. The van der Waals surface area contributed by atoms with Crippen LogP contribution in [0.4, 0.5) is 0 Å². The molecule has 1 aliphatic rings. The van der Waals surface area contributed by atoms with Crippen LogP contribution < -0.4 is 0 Å². The number of aryl methyl sites for hydroxylation is 1. The van der Waals surface area contributed by atoms with Gasteiger partial charge in [-0.3, -0.25) is 9.59 Å². The molecule has 2 rings (SSSR count). The second-order valence-corrected chi connectivity index (χ2v) is 5.41. The summed E-state index contributed by atoms with van der Waals surface area (Å²) in [5.74, 6) is -0.346. The van der Waals surface area contributed by atoms with Gasteiger partial charge in [0.25, 0.3) is 11.8 Å². The van der Waals surface area contributed by atoms with E-state index in [4.69, 9.17) is 0 Å². The summed E-state index contributed by atoms with van der Waals surface area (Å²) in [7, 11) is 0. The minimum atomic E-state index is -0.194. The number of allylic oxidation sites excluding steroid dienone is 1. The Hall–Kier alpha value is -1.76. The molecule has 7 heteroatoms. The molecule has 2 amide bonds. The minimum Gasteiger partial charge on any atom is -0.268 e. The number of hydrazine groups is 1. The Morgan fingerprint density at radius 3 is 2.53 bits per heavy atom. The van der Waals surface area contributed by atoms with Crippen molar-refractivity contribution in [1.82, 2.24) is 19.6 Å². The first kappa shape index (κ1) is 13.7. The number of nitrogens with zero attached hydrogens (tertiary/aromatic N) is 4. The van der Waals surface area contributed by atoms with Crippen molar-refractivity contribution in [3.63, 3.8) is 0 Å². The maximum Gasteiger partial charge on any atom is 0.286 e. The van der Waals surface area contributed by atoms with Gasteiger partial charge in [0.05, 0.1) is 5.69 Å². The molecule has 0 bridgehead atoms. The Bertz CT molecular complexity index is 534. The lowest BCUT2D eigenvalue weighted by Gasteiger charge is -2.26. The molecular formula is C12H16N4O2S. The molecule has 1 aliphatic heterocycles. The van der Waals surface area contributed by atoms with Gasteiger partial charge in [-0.15, -0.1) is 5.10 Å². The zero-order valence-corrected chi connectivity index (χ0v) is 12.0. The molecule has 1 aromatic rings. The molecule has 0 radical (unpaired) electrons. The van der Waals surface area contributed by atoms with Crippen LogP contribution in [0.25, 0.3) is 0 Å². The number of aromatic nitrogens is 2. The SMILES string of the molecule is CC(C)=CC(=O)N1CCCN1C(=O)c1snnc1C. The fourth-order valence-electron chi connectivity index (χ4n) is 1.92. The quantitative estimate of drug-likeness (QED) is 0.768. The molecule has 0 unspecified atom stereocenters. The lowest BCUT2D eigenvalue weighted by Crippen LogP contribution is -2.44. The van der Waals surface area contributed by atoms with Gasteiger partial charge in [0, 0.05) is 19.2 Å². The minimum absolute atomic E-state index is 0.152. The topological polar surface area (TPSA) is 66.4 Å². The normalized spacial score (nSPS) is 14.7.